The fourth-order valence-corrected chi connectivity index (χ4v) is 2.14. The van der Waals surface area contributed by atoms with Gasteiger partial charge in [-0.25, -0.2) is 4.39 Å². The van der Waals surface area contributed by atoms with Gasteiger partial charge in [-0.3, -0.25) is 0 Å². The molecule has 2 nitrogen and oxygen atoms in total. The maximum absolute atomic E-state index is 13.0. The number of alkyl halides is 1. The van der Waals surface area contributed by atoms with Crippen LogP contribution in [0.25, 0.3) is 0 Å². The maximum Gasteiger partial charge on any atom is 0.123 e. The number of benzene rings is 1. The van der Waals surface area contributed by atoms with E-state index < -0.39 is 0 Å². The molecule has 1 heterocycles. The summed E-state index contributed by atoms with van der Waals surface area (Å²) in [6, 6.07) is 4.72. The van der Waals surface area contributed by atoms with Crippen molar-refractivity contribution in [1.29, 1.82) is 0 Å². The molecule has 1 aromatic carbocycles. The van der Waals surface area contributed by atoms with Crippen molar-refractivity contribution in [1.82, 2.24) is 5.32 Å². The van der Waals surface area contributed by atoms with Gasteiger partial charge in [0, 0.05) is 23.9 Å². The topological polar surface area (TPSA) is 21.3 Å². The number of ether oxygens (including phenoxy) is 1. The number of fused-ring (bicyclic) bond motifs is 1. The van der Waals surface area contributed by atoms with Gasteiger partial charge in [0.1, 0.15) is 17.7 Å². The molecular weight excluding hydrogens is 273 g/mol. The summed E-state index contributed by atoms with van der Waals surface area (Å²) in [5.41, 5.74) is 0.979. The highest BCUT2D eigenvalue weighted by Gasteiger charge is 2.22. The first-order valence-corrected chi connectivity index (χ1v) is 6.63. The minimum Gasteiger partial charge on any atom is -0.488 e. The molecule has 0 spiro atoms. The summed E-state index contributed by atoms with van der Waals surface area (Å²) in [6.07, 6.45) is 2.05. The summed E-state index contributed by atoms with van der Waals surface area (Å²) in [6.45, 7) is 1.80. The Hall–Kier alpha value is -0.610. The van der Waals surface area contributed by atoms with Gasteiger partial charge in [0.15, 0.2) is 0 Å². The van der Waals surface area contributed by atoms with Gasteiger partial charge in [0.05, 0.1) is 0 Å². The Morgan fingerprint density at radius 3 is 3.19 bits per heavy atom. The standard InChI is InChI=1S/C12H15BrFNO/c13-4-1-5-15-8-11-7-9-6-10(14)2-3-12(9)16-11/h2-3,6,11,15H,1,4-5,7-8H2. The molecule has 0 bridgehead atoms. The molecule has 1 aliphatic rings. The molecule has 1 aromatic rings. The minimum absolute atomic E-state index is 0.145. The number of nitrogens with one attached hydrogen (secondary N) is 1. The molecule has 2 rings (SSSR count). The predicted molar refractivity (Wildman–Crippen MR) is 65.8 cm³/mol. The summed E-state index contributed by atoms with van der Waals surface area (Å²) in [4.78, 5) is 0. The molecule has 4 heteroatoms. The van der Waals surface area contributed by atoms with E-state index in [0.29, 0.717) is 0 Å². The quantitative estimate of drug-likeness (QED) is 0.664. The Morgan fingerprint density at radius 1 is 1.50 bits per heavy atom. The molecule has 1 aliphatic heterocycles. The van der Waals surface area contributed by atoms with Gasteiger partial charge in [0.2, 0.25) is 0 Å². The Kier molecular flexibility index (Phi) is 4.18. The third kappa shape index (κ3) is 2.95. The van der Waals surface area contributed by atoms with Gasteiger partial charge in [0.25, 0.3) is 0 Å². The van der Waals surface area contributed by atoms with Crippen LogP contribution in [0.3, 0.4) is 0 Å². The van der Waals surface area contributed by atoms with Crippen molar-refractivity contribution in [3.8, 4) is 5.75 Å². The highest BCUT2D eigenvalue weighted by atomic mass is 79.9. The third-order valence-corrected chi connectivity index (χ3v) is 3.18. The smallest absolute Gasteiger partial charge is 0.123 e. The zero-order valence-electron chi connectivity index (χ0n) is 9.01. The molecule has 0 saturated heterocycles. The lowest BCUT2D eigenvalue weighted by molar-refractivity contribution is 0.228. The number of hydrogen-bond donors (Lipinski definition) is 1. The van der Waals surface area contributed by atoms with Crippen LogP contribution in [0, 0.1) is 5.82 Å². The molecule has 0 aromatic heterocycles. The zero-order valence-corrected chi connectivity index (χ0v) is 10.6. The first kappa shape index (κ1) is 11.9. The molecule has 16 heavy (non-hydrogen) atoms. The van der Waals surface area contributed by atoms with Crippen LogP contribution in [-0.4, -0.2) is 24.5 Å². The van der Waals surface area contributed by atoms with Crippen LogP contribution >= 0.6 is 15.9 Å². The van der Waals surface area contributed by atoms with Crippen molar-refractivity contribution in [2.24, 2.45) is 0 Å². The summed E-state index contributed by atoms with van der Waals surface area (Å²) in [5, 5.41) is 4.34. The molecule has 1 unspecified atom stereocenters. The Labute approximate surface area is 103 Å². The van der Waals surface area contributed by atoms with E-state index in [9.17, 15) is 4.39 Å². The van der Waals surface area contributed by atoms with Crippen molar-refractivity contribution >= 4 is 15.9 Å². The lowest BCUT2D eigenvalue weighted by atomic mass is 10.1. The lowest BCUT2D eigenvalue weighted by Gasteiger charge is -2.11. The number of halogens is 2. The van der Waals surface area contributed by atoms with Crippen molar-refractivity contribution in [3.63, 3.8) is 0 Å². The highest BCUT2D eigenvalue weighted by molar-refractivity contribution is 9.09. The van der Waals surface area contributed by atoms with Crippen molar-refractivity contribution in [3.05, 3.63) is 29.6 Å². The van der Waals surface area contributed by atoms with Gasteiger partial charge in [-0.05, 0) is 31.2 Å². The van der Waals surface area contributed by atoms with Crippen LogP contribution in [0.4, 0.5) is 4.39 Å². The van der Waals surface area contributed by atoms with Crippen LogP contribution in [-0.2, 0) is 6.42 Å². The van der Waals surface area contributed by atoms with Crippen molar-refractivity contribution < 1.29 is 9.13 Å². The van der Waals surface area contributed by atoms with Gasteiger partial charge in [-0.15, -0.1) is 0 Å². The minimum atomic E-state index is -0.185. The first-order valence-electron chi connectivity index (χ1n) is 5.51. The second-order valence-corrected chi connectivity index (χ2v) is 4.74. The molecular formula is C12H15BrFNO. The normalized spacial score (nSPS) is 18.2. The molecule has 0 aliphatic carbocycles. The summed E-state index contributed by atoms with van der Waals surface area (Å²) in [5.74, 6) is 0.643. The van der Waals surface area contributed by atoms with Crippen LogP contribution in [0.2, 0.25) is 0 Å². The summed E-state index contributed by atoms with van der Waals surface area (Å²) in [7, 11) is 0. The Balaban J connectivity index is 1.81. The third-order valence-electron chi connectivity index (χ3n) is 2.62. The van der Waals surface area contributed by atoms with Crippen LogP contribution < -0.4 is 10.1 Å². The fraction of sp³-hybridized carbons (Fsp3) is 0.500. The predicted octanol–water partition coefficient (Wildman–Crippen LogP) is 2.50. The van der Waals surface area contributed by atoms with Crippen molar-refractivity contribution in [2.75, 3.05) is 18.4 Å². The fourth-order valence-electron chi connectivity index (χ4n) is 1.86. The summed E-state index contributed by atoms with van der Waals surface area (Å²) >= 11 is 3.38. The molecule has 1 atom stereocenters. The SMILES string of the molecule is Fc1ccc2c(c1)CC(CNCCCBr)O2. The van der Waals surface area contributed by atoms with Gasteiger partial charge in [-0.2, -0.15) is 0 Å². The molecule has 1 N–H and O–H groups in total. The molecule has 0 amide bonds. The average molecular weight is 288 g/mol. The largest absolute Gasteiger partial charge is 0.488 e. The van der Waals surface area contributed by atoms with E-state index in [1.165, 1.54) is 6.07 Å². The van der Waals surface area contributed by atoms with E-state index >= 15 is 0 Å². The van der Waals surface area contributed by atoms with E-state index in [2.05, 4.69) is 21.2 Å². The molecule has 0 radical (unpaired) electrons. The summed E-state index contributed by atoms with van der Waals surface area (Å²) < 4.78 is 18.7. The van der Waals surface area contributed by atoms with Crippen LogP contribution in [0.15, 0.2) is 18.2 Å². The number of rotatable bonds is 5. The number of hydrogen-bond acceptors (Lipinski definition) is 2. The maximum atomic E-state index is 13.0. The van der Waals surface area contributed by atoms with E-state index in [4.69, 9.17) is 4.74 Å². The Bertz CT molecular complexity index is 359. The second kappa shape index (κ2) is 5.64. The highest BCUT2D eigenvalue weighted by Crippen LogP contribution is 2.28. The van der Waals surface area contributed by atoms with Gasteiger partial charge in [-0.1, -0.05) is 15.9 Å². The van der Waals surface area contributed by atoms with Crippen LogP contribution in [0.5, 0.6) is 5.75 Å². The zero-order chi connectivity index (χ0) is 11.4. The van der Waals surface area contributed by atoms with E-state index in [1.807, 2.05) is 0 Å². The molecule has 88 valence electrons. The van der Waals surface area contributed by atoms with Crippen molar-refractivity contribution in [2.45, 2.75) is 18.9 Å². The second-order valence-electron chi connectivity index (χ2n) is 3.94. The Morgan fingerprint density at radius 2 is 2.38 bits per heavy atom. The monoisotopic (exact) mass is 287 g/mol. The van der Waals surface area contributed by atoms with Gasteiger partial charge >= 0.3 is 0 Å². The van der Waals surface area contributed by atoms with Crippen LogP contribution in [0.1, 0.15) is 12.0 Å². The molecule has 0 saturated carbocycles. The van der Waals surface area contributed by atoms with E-state index in [0.717, 1.165) is 42.6 Å². The average Bonchev–Trinajstić information content (AvgIpc) is 2.66. The molecule has 0 fully saturated rings. The first-order chi connectivity index (χ1) is 7.79. The lowest BCUT2D eigenvalue weighted by Crippen LogP contribution is -2.30. The van der Waals surface area contributed by atoms with E-state index in [1.54, 1.807) is 12.1 Å². The van der Waals surface area contributed by atoms with Gasteiger partial charge < -0.3 is 10.1 Å². The van der Waals surface area contributed by atoms with E-state index in [-0.39, 0.29) is 11.9 Å².